The Hall–Kier alpha value is -1.51. The lowest BCUT2D eigenvalue weighted by Gasteiger charge is -2.15. The second-order valence-electron chi connectivity index (χ2n) is 4.28. The molecule has 0 bridgehead atoms. The highest BCUT2D eigenvalue weighted by Gasteiger charge is 2.12. The van der Waals surface area contributed by atoms with Crippen LogP contribution < -0.4 is 5.32 Å². The van der Waals surface area contributed by atoms with Crippen LogP contribution in [0.1, 0.15) is 24.5 Å². The number of aryl methyl sites for hydroxylation is 2. The summed E-state index contributed by atoms with van der Waals surface area (Å²) in [4.78, 5) is 13.3. The van der Waals surface area contributed by atoms with Crippen LogP contribution in [0.2, 0.25) is 0 Å². The van der Waals surface area contributed by atoms with Crippen LogP contribution in [0.3, 0.4) is 0 Å². The molecule has 86 valence electrons. The van der Waals surface area contributed by atoms with Gasteiger partial charge >= 0.3 is 6.03 Å². The molecule has 0 spiro atoms. The van der Waals surface area contributed by atoms with Crippen LogP contribution in [-0.2, 0) is 12.8 Å². The van der Waals surface area contributed by atoms with E-state index < -0.39 is 0 Å². The first-order chi connectivity index (χ1) is 7.70. The molecule has 0 saturated heterocycles. The van der Waals surface area contributed by atoms with Gasteiger partial charge in [0.2, 0.25) is 0 Å². The normalized spacial score (nSPS) is 13.4. The summed E-state index contributed by atoms with van der Waals surface area (Å²) in [5.41, 5.74) is 3.73. The Morgan fingerprint density at radius 1 is 1.38 bits per heavy atom. The number of hydrogen-bond donors (Lipinski definition) is 1. The van der Waals surface area contributed by atoms with Gasteiger partial charge < -0.3 is 10.2 Å². The summed E-state index contributed by atoms with van der Waals surface area (Å²) >= 11 is 0. The van der Waals surface area contributed by atoms with Crippen LogP contribution in [0, 0.1) is 0 Å². The van der Waals surface area contributed by atoms with E-state index in [1.54, 1.807) is 11.9 Å². The van der Waals surface area contributed by atoms with Gasteiger partial charge in [-0.1, -0.05) is 6.07 Å². The molecule has 2 rings (SSSR count). The minimum Gasteiger partial charge on any atom is -0.328 e. The topological polar surface area (TPSA) is 32.3 Å². The van der Waals surface area contributed by atoms with Crippen molar-refractivity contribution in [3.63, 3.8) is 0 Å². The highest BCUT2D eigenvalue weighted by atomic mass is 16.2. The molecule has 0 heterocycles. The molecule has 1 aromatic carbocycles. The van der Waals surface area contributed by atoms with Crippen molar-refractivity contribution in [2.75, 3.05) is 18.9 Å². The number of nitrogens with zero attached hydrogens (tertiary/aromatic N) is 1. The molecule has 1 aromatic rings. The van der Waals surface area contributed by atoms with Crippen LogP contribution >= 0.6 is 0 Å². The third-order valence-corrected chi connectivity index (χ3v) is 3.17. The molecule has 0 fully saturated rings. The number of anilines is 1. The number of rotatable bonds is 2. The number of carbonyl (C=O) groups excluding carboxylic acids is 1. The van der Waals surface area contributed by atoms with E-state index in [-0.39, 0.29) is 6.03 Å². The number of nitrogens with one attached hydrogen (secondary N) is 1. The van der Waals surface area contributed by atoms with E-state index in [4.69, 9.17) is 0 Å². The Labute approximate surface area is 96.5 Å². The first-order valence-corrected chi connectivity index (χ1v) is 5.84. The summed E-state index contributed by atoms with van der Waals surface area (Å²) in [5.74, 6) is 0. The molecule has 0 atom stereocenters. The Kier molecular flexibility index (Phi) is 3.13. The highest BCUT2D eigenvalue weighted by molar-refractivity contribution is 5.89. The van der Waals surface area contributed by atoms with Gasteiger partial charge in [0, 0.05) is 19.3 Å². The zero-order valence-electron chi connectivity index (χ0n) is 9.92. The van der Waals surface area contributed by atoms with Crippen molar-refractivity contribution in [1.82, 2.24) is 4.90 Å². The maximum absolute atomic E-state index is 11.7. The number of hydrogen-bond acceptors (Lipinski definition) is 1. The average Bonchev–Trinajstić information content (AvgIpc) is 2.75. The lowest BCUT2D eigenvalue weighted by molar-refractivity contribution is 0.224. The zero-order valence-corrected chi connectivity index (χ0v) is 9.92. The molecule has 1 aliphatic rings. The van der Waals surface area contributed by atoms with Gasteiger partial charge in [-0.3, -0.25) is 0 Å². The number of amides is 2. The molecule has 3 heteroatoms. The molecule has 0 radical (unpaired) electrons. The van der Waals surface area contributed by atoms with Crippen LogP contribution in [0.15, 0.2) is 18.2 Å². The first kappa shape index (κ1) is 11.0. The molecule has 16 heavy (non-hydrogen) atoms. The van der Waals surface area contributed by atoms with E-state index in [1.807, 2.05) is 13.0 Å². The highest BCUT2D eigenvalue weighted by Crippen LogP contribution is 2.24. The van der Waals surface area contributed by atoms with Gasteiger partial charge in [0.15, 0.2) is 0 Å². The molecule has 0 saturated carbocycles. The number of benzene rings is 1. The molecule has 1 N–H and O–H groups in total. The van der Waals surface area contributed by atoms with Gasteiger partial charge in [0.05, 0.1) is 0 Å². The second-order valence-corrected chi connectivity index (χ2v) is 4.28. The fraction of sp³-hybridized carbons (Fsp3) is 0.462. The second kappa shape index (κ2) is 4.56. The monoisotopic (exact) mass is 218 g/mol. The maximum Gasteiger partial charge on any atom is 0.321 e. The van der Waals surface area contributed by atoms with Crippen LogP contribution in [0.25, 0.3) is 0 Å². The Balaban J connectivity index is 2.08. The number of urea groups is 1. The molecule has 1 aliphatic carbocycles. The lowest BCUT2D eigenvalue weighted by Crippen LogP contribution is -2.30. The van der Waals surface area contributed by atoms with Gasteiger partial charge in [0.25, 0.3) is 0 Å². The van der Waals surface area contributed by atoms with Crippen LogP contribution in [-0.4, -0.2) is 24.5 Å². The molecule has 2 amide bonds. The van der Waals surface area contributed by atoms with Gasteiger partial charge in [0.1, 0.15) is 0 Å². The van der Waals surface area contributed by atoms with E-state index >= 15 is 0 Å². The molecular formula is C13H18N2O. The van der Waals surface area contributed by atoms with Crippen molar-refractivity contribution in [3.05, 3.63) is 29.3 Å². The van der Waals surface area contributed by atoms with E-state index in [0.29, 0.717) is 0 Å². The summed E-state index contributed by atoms with van der Waals surface area (Å²) in [7, 11) is 1.79. The maximum atomic E-state index is 11.7. The van der Waals surface area contributed by atoms with Crippen molar-refractivity contribution >= 4 is 11.7 Å². The summed E-state index contributed by atoms with van der Waals surface area (Å²) in [6.07, 6.45) is 3.56. The van der Waals surface area contributed by atoms with Gasteiger partial charge in [-0.15, -0.1) is 0 Å². The fourth-order valence-electron chi connectivity index (χ4n) is 2.01. The Bertz CT molecular complexity index is 401. The summed E-state index contributed by atoms with van der Waals surface area (Å²) in [6, 6.07) is 6.18. The SMILES string of the molecule is CCN(C)C(=O)Nc1ccc2c(c1)CCC2. The van der Waals surface area contributed by atoms with E-state index in [1.165, 1.54) is 24.0 Å². The Morgan fingerprint density at radius 3 is 2.88 bits per heavy atom. The van der Waals surface area contributed by atoms with Crippen molar-refractivity contribution < 1.29 is 4.79 Å². The predicted molar refractivity (Wildman–Crippen MR) is 65.8 cm³/mol. The fourth-order valence-corrected chi connectivity index (χ4v) is 2.01. The van der Waals surface area contributed by atoms with Crippen LogP contribution in [0.4, 0.5) is 10.5 Å². The predicted octanol–water partition coefficient (Wildman–Crippen LogP) is 2.66. The molecule has 0 aromatic heterocycles. The third-order valence-electron chi connectivity index (χ3n) is 3.17. The molecule has 0 unspecified atom stereocenters. The molecule has 3 nitrogen and oxygen atoms in total. The minimum absolute atomic E-state index is 0.0413. The van der Waals surface area contributed by atoms with E-state index in [2.05, 4.69) is 17.4 Å². The van der Waals surface area contributed by atoms with E-state index in [9.17, 15) is 4.79 Å². The quantitative estimate of drug-likeness (QED) is 0.813. The molecule has 0 aliphatic heterocycles. The summed E-state index contributed by atoms with van der Waals surface area (Å²) < 4.78 is 0. The average molecular weight is 218 g/mol. The van der Waals surface area contributed by atoms with Crippen LogP contribution in [0.5, 0.6) is 0 Å². The molecular weight excluding hydrogens is 200 g/mol. The number of fused-ring (bicyclic) bond motifs is 1. The van der Waals surface area contributed by atoms with E-state index in [0.717, 1.165) is 18.7 Å². The van der Waals surface area contributed by atoms with Crippen molar-refractivity contribution in [1.29, 1.82) is 0 Å². The Morgan fingerprint density at radius 2 is 2.12 bits per heavy atom. The lowest BCUT2D eigenvalue weighted by atomic mass is 10.1. The van der Waals surface area contributed by atoms with Gasteiger partial charge in [-0.2, -0.15) is 0 Å². The van der Waals surface area contributed by atoms with Gasteiger partial charge in [-0.05, 0) is 49.4 Å². The zero-order chi connectivity index (χ0) is 11.5. The van der Waals surface area contributed by atoms with Crippen molar-refractivity contribution in [2.45, 2.75) is 26.2 Å². The largest absolute Gasteiger partial charge is 0.328 e. The third kappa shape index (κ3) is 2.18. The summed E-state index contributed by atoms with van der Waals surface area (Å²) in [6.45, 7) is 2.68. The summed E-state index contributed by atoms with van der Waals surface area (Å²) in [5, 5.41) is 2.91. The first-order valence-electron chi connectivity index (χ1n) is 5.84. The minimum atomic E-state index is -0.0413. The van der Waals surface area contributed by atoms with Crippen molar-refractivity contribution in [2.24, 2.45) is 0 Å². The standard InChI is InChI=1S/C13H18N2O/c1-3-15(2)13(16)14-12-8-7-10-5-4-6-11(10)9-12/h7-9H,3-6H2,1-2H3,(H,14,16). The number of carbonyl (C=O) groups is 1. The van der Waals surface area contributed by atoms with Crippen molar-refractivity contribution in [3.8, 4) is 0 Å². The smallest absolute Gasteiger partial charge is 0.321 e. The van der Waals surface area contributed by atoms with Gasteiger partial charge in [-0.25, -0.2) is 4.79 Å².